The first-order valence-corrected chi connectivity index (χ1v) is 5.16. The van der Waals surface area contributed by atoms with Gasteiger partial charge in [0.25, 0.3) is 0 Å². The van der Waals surface area contributed by atoms with Crippen LogP contribution in [0.3, 0.4) is 0 Å². The van der Waals surface area contributed by atoms with Gasteiger partial charge in [0.15, 0.2) is 0 Å². The zero-order valence-electron chi connectivity index (χ0n) is 7.48. The van der Waals surface area contributed by atoms with E-state index in [2.05, 4.69) is 20.9 Å². The van der Waals surface area contributed by atoms with Crippen LogP contribution in [0.5, 0.6) is 0 Å². The molecule has 4 heteroatoms. The van der Waals surface area contributed by atoms with E-state index in [-0.39, 0.29) is 5.82 Å². The number of halogens is 2. The quantitative estimate of drug-likeness (QED) is 0.853. The summed E-state index contributed by atoms with van der Waals surface area (Å²) in [6.45, 7) is 0.574. The molecular weight excluding hydrogens is 247 g/mol. The van der Waals surface area contributed by atoms with Gasteiger partial charge in [0.1, 0.15) is 5.82 Å². The van der Waals surface area contributed by atoms with Gasteiger partial charge < -0.3 is 10.7 Å². The Morgan fingerprint density at radius 3 is 2.93 bits per heavy atom. The molecule has 0 saturated carbocycles. The number of nitrogens with two attached hydrogens (primary N) is 1. The number of hydrogen-bond acceptors (Lipinski definition) is 1. The summed E-state index contributed by atoms with van der Waals surface area (Å²) >= 11 is 3.14. The molecule has 1 aromatic carbocycles. The van der Waals surface area contributed by atoms with Gasteiger partial charge in [-0.3, -0.25) is 0 Å². The zero-order valence-corrected chi connectivity index (χ0v) is 9.07. The summed E-state index contributed by atoms with van der Waals surface area (Å²) in [5.74, 6) is -0.240. The van der Waals surface area contributed by atoms with Crippen molar-refractivity contribution in [1.29, 1.82) is 0 Å². The average Bonchev–Trinajstić information content (AvgIpc) is 2.51. The Morgan fingerprint density at radius 1 is 1.43 bits per heavy atom. The maximum absolute atomic E-state index is 13.3. The monoisotopic (exact) mass is 256 g/mol. The minimum absolute atomic E-state index is 0.240. The van der Waals surface area contributed by atoms with Gasteiger partial charge in [-0.15, -0.1) is 0 Å². The van der Waals surface area contributed by atoms with E-state index in [0.29, 0.717) is 11.0 Å². The van der Waals surface area contributed by atoms with Crippen LogP contribution in [0.1, 0.15) is 5.56 Å². The fraction of sp³-hybridized carbons (Fsp3) is 0.200. The molecule has 0 atom stereocenters. The van der Waals surface area contributed by atoms with Gasteiger partial charge in [0.2, 0.25) is 0 Å². The van der Waals surface area contributed by atoms with Crippen molar-refractivity contribution < 1.29 is 4.39 Å². The summed E-state index contributed by atoms with van der Waals surface area (Å²) in [6, 6.07) is 3.27. The van der Waals surface area contributed by atoms with Gasteiger partial charge in [0, 0.05) is 17.1 Å². The Morgan fingerprint density at radius 2 is 2.21 bits per heavy atom. The van der Waals surface area contributed by atoms with Crippen LogP contribution in [-0.4, -0.2) is 11.5 Å². The lowest BCUT2D eigenvalue weighted by molar-refractivity contribution is 0.623. The lowest BCUT2D eigenvalue weighted by Crippen LogP contribution is -2.01. The van der Waals surface area contributed by atoms with E-state index in [4.69, 9.17) is 5.73 Å². The van der Waals surface area contributed by atoms with Crippen LogP contribution in [0, 0.1) is 5.82 Å². The Labute approximate surface area is 89.4 Å². The summed E-state index contributed by atoms with van der Waals surface area (Å²) in [4.78, 5) is 3.09. The smallest absolute Gasteiger partial charge is 0.138 e. The molecule has 0 aliphatic heterocycles. The summed E-state index contributed by atoms with van der Waals surface area (Å²) in [5.41, 5.74) is 7.46. The van der Waals surface area contributed by atoms with Crippen molar-refractivity contribution in [3.8, 4) is 0 Å². The Hall–Kier alpha value is -0.870. The molecule has 2 rings (SSSR count). The minimum Gasteiger partial charge on any atom is -0.361 e. The average molecular weight is 257 g/mol. The topological polar surface area (TPSA) is 41.8 Å². The third-order valence-electron chi connectivity index (χ3n) is 2.22. The lowest BCUT2D eigenvalue weighted by Gasteiger charge is -1.98. The van der Waals surface area contributed by atoms with E-state index >= 15 is 0 Å². The number of aromatic amines is 1. The van der Waals surface area contributed by atoms with Gasteiger partial charge >= 0.3 is 0 Å². The largest absolute Gasteiger partial charge is 0.361 e. The van der Waals surface area contributed by atoms with E-state index < -0.39 is 0 Å². The Kier molecular flexibility index (Phi) is 2.56. The van der Waals surface area contributed by atoms with Crippen LogP contribution in [-0.2, 0) is 6.42 Å². The molecule has 1 aromatic heterocycles. The molecular formula is C10H10BrFN2. The fourth-order valence-electron chi connectivity index (χ4n) is 1.54. The van der Waals surface area contributed by atoms with Crippen LogP contribution < -0.4 is 5.73 Å². The second-order valence-corrected chi connectivity index (χ2v) is 4.02. The number of rotatable bonds is 2. The van der Waals surface area contributed by atoms with Crippen molar-refractivity contribution >= 4 is 26.8 Å². The molecule has 0 amide bonds. The van der Waals surface area contributed by atoms with E-state index in [1.165, 1.54) is 6.07 Å². The van der Waals surface area contributed by atoms with Gasteiger partial charge in [-0.05, 0) is 46.6 Å². The Bertz CT molecular complexity index is 464. The SMILES string of the molecule is NCCc1c[nH]c2cc(Br)c(F)cc12. The first kappa shape index (κ1) is 9.68. The molecule has 0 saturated heterocycles. The second kappa shape index (κ2) is 3.71. The zero-order chi connectivity index (χ0) is 10.1. The summed E-state index contributed by atoms with van der Waals surface area (Å²) in [7, 11) is 0. The molecule has 0 unspecified atom stereocenters. The van der Waals surface area contributed by atoms with E-state index in [1.54, 1.807) is 6.07 Å². The first-order valence-electron chi connectivity index (χ1n) is 4.37. The third kappa shape index (κ3) is 1.55. The van der Waals surface area contributed by atoms with Crippen molar-refractivity contribution in [3.63, 3.8) is 0 Å². The first-order chi connectivity index (χ1) is 6.72. The summed E-state index contributed by atoms with van der Waals surface area (Å²) < 4.78 is 13.7. The van der Waals surface area contributed by atoms with E-state index in [1.807, 2.05) is 6.20 Å². The van der Waals surface area contributed by atoms with Crippen molar-refractivity contribution in [2.24, 2.45) is 5.73 Å². The molecule has 74 valence electrons. The minimum atomic E-state index is -0.240. The number of hydrogen-bond donors (Lipinski definition) is 2. The maximum atomic E-state index is 13.3. The molecule has 0 radical (unpaired) electrons. The van der Waals surface area contributed by atoms with Crippen molar-refractivity contribution in [2.45, 2.75) is 6.42 Å². The van der Waals surface area contributed by atoms with Crippen molar-refractivity contribution in [3.05, 3.63) is 34.2 Å². The number of aromatic nitrogens is 1. The van der Waals surface area contributed by atoms with E-state index in [0.717, 1.165) is 22.9 Å². The van der Waals surface area contributed by atoms with Crippen LogP contribution in [0.15, 0.2) is 22.8 Å². The van der Waals surface area contributed by atoms with E-state index in [9.17, 15) is 4.39 Å². The van der Waals surface area contributed by atoms with Crippen LogP contribution >= 0.6 is 15.9 Å². The predicted octanol–water partition coefficient (Wildman–Crippen LogP) is 2.57. The highest BCUT2D eigenvalue weighted by molar-refractivity contribution is 9.10. The number of benzene rings is 1. The van der Waals surface area contributed by atoms with Gasteiger partial charge in [-0.25, -0.2) is 4.39 Å². The molecule has 1 heterocycles. The van der Waals surface area contributed by atoms with Gasteiger partial charge in [-0.2, -0.15) is 0 Å². The second-order valence-electron chi connectivity index (χ2n) is 3.16. The number of fused-ring (bicyclic) bond motifs is 1. The molecule has 0 spiro atoms. The standard InChI is InChI=1S/C10H10BrFN2/c11-8-4-10-7(3-9(8)12)6(1-2-13)5-14-10/h3-5,14H,1-2,13H2. The van der Waals surface area contributed by atoms with Gasteiger partial charge in [0.05, 0.1) is 4.47 Å². The molecule has 3 N–H and O–H groups in total. The lowest BCUT2D eigenvalue weighted by atomic mass is 10.1. The summed E-state index contributed by atoms with van der Waals surface area (Å²) in [5, 5.41) is 0.913. The van der Waals surface area contributed by atoms with Crippen LogP contribution in [0.25, 0.3) is 10.9 Å². The Balaban J connectivity index is 2.61. The van der Waals surface area contributed by atoms with Crippen molar-refractivity contribution in [1.82, 2.24) is 4.98 Å². The molecule has 0 aliphatic carbocycles. The molecule has 0 bridgehead atoms. The highest BCUT2D eigenvalue weighted by Crippen LogP contribution is 2.25. The normalized spacial score (nSPS) is 11.1. The van der Waals surface area contributed by atoms with Crippen LogP contribution in [0.4, 0.5) is 4.39 Å². The highest BCUT2D eigenvalue weighted by Gasteiger charge is 2.06. The highest BCUT2D eigenvalue weighted by atomic mass is 79.9. The molecule has 2 nitrogen and oxygen atoms in total. The molecule has 14 heavy (non-hydrogen) atoms. The van der Waals surface area contributed by atoms with Gasteiger partial charge in [-0.1, -0.05) is 0 Å². The maximum Gasteiger partial charge on any atom is 0.138 e. The number of nitrogens with one attached hydrogen (secondary N) is 1. The molecule has 0 fully saturated rings. The molecule has 0 aliphatic rings. The fourth-order valence-corrected chi connectivity index (χ4v) is 1.88. The number of H-pyrrole nitrogens is 1. The molecule has 2 aromatic rings. The van der Waals surface area contributed by atoms with Crippen LogP contribution in [0.2, 0.25) is 0 Å². The predicted molar refractivity (Wildman–Crippen MR) is 58.7 cm³/mol. The summed E-state index contributed by atoms with van der Waals surface area (Å²) in [6.07, 6.45) is 2.64. The third-order valence-corrected chi connectivity index (χ3v) is 2.83. The van der Waals surface area contributed by atoms with Crippen molar-refractivity contribution in [2.75, 3.05) is 6.54 Å².